The van der Waals surface area contributed by atoms with E-state index in [1.807, 2.05) is 31.1 Å². The highest BCUT2D eigenvalue weighted by Gasteiger charge is 2.68. The molecule has 3 aliphatic carbocycles. The Balaban J connectivity index is 1.17. The Labute approximate surface area is 313 Å². The molecule has 3 amide bonds. The number of hydrogen-bond donors (Lipinski definition) is 8. The van der Waals surface area contributed by atoms with Gasteiger partial charge in [-0.05, 0) is 72.9 Å². The van der Waals surface area contributed by atoms with Gasteiger partial charge in [-0.1, -0.05) is 31.2 Å². The van der Waals surface area contributed by atoms with Crippen molar-refractivity contribution in [3.8, 4) is 16.2 Å². The number of urea groups is 1. The van der Waals surface area contributed by atoms with Crippen LogP contribution in [0.2, 0.25) is 0 Å². The SMILES string of the molecule is C[C@@H]1c2ccc(NC(=O)Nc3ccc(-c4cc5ccc(N(C)C)cc5s4)cc3)c(O)c2C(O)=C2C(=O)[C@@]3(O)C(O)=C(C(N)=O)C(=O)[C@H](N(C)C)[C@H]3[C@H](O)[C@H]21. The van der Waals surface area contributed by atoms with Gasteiger partial charge in [0, 0.05) is 46.5 Å². The topological polar surface area (TPSA) is 226 Å². The molecule has 1 saturated carbocycles. The molecule has 1 heterocycles. The van der Waals surface area contributed by atoms with Gasteiger partial charge in [-0.3, -0.25) is 19.3 Å². The van der Waals surface area contributed by atoms with E-state index in [1.54, 1.807) is 30.4 Å². The minimum Gasteiger partial charge on any atom is -0.508 e. The van der Waals surface area contributed by atoms with Crippen molar-refractivity contribution in [1.29, 1.82) is 0 Å². The summed E-state index contributed by atoms with van der Waals surface area (Å²) in [6.45, 7) is 1.62. The maximum Gasteiger partial charge on any atom is 0.323 e. The molecule has 54 heavy (non-hydrogen) atoms. The van der Waals surface area contributed by atoms with Gasteiger partial charge in [0.1, 0.15) is 22.8 Å². The first-order valence-corrected chi connectivity index (χ1v) is 17.9. The van der Waals surface area contributed by atoms with Crippen molar-refractivity contribution in [2.24, 2.45) is 17.6 Å². The van der Waals surface area contributed by atoms with Crippen LogP contribution in [0.3, 0.4) is 0 Å². The summed E-state index contributed by atoms with van der Waals surface area (Å²) in [5, 5.41) is 64.2. The van der Waals surface area contributed by atoms with Crippen LogP contribution >= 0.6 is 11.3 Å². The number of nitrogens with two attached hydrogens (primary N) is 1. The van der Waals surface area contributed by atoms with Crippen LogP contribution in [-0.2, 0) is 14.4 Å². The second-order valence-corrected chi connectivity index (χ2v) is 15.4. The highest BCUT2D eigenvalue weighted by atomic mass is 32.1. The number of likely N-dealkylation sites (N-methyl/N-ethyl adjacent to an activating group) is 1. The molecule has 1 aromatic heterocycles. The molecule has 280 valence electrons. The Morgan fingerprint density at radius 1 is 0.926 bits per heavy atom. The van der Waals surface area contributed by atoms with E-state index in [4.69, 9.17) is 5.73 Å². The fraction of sp³-hybridized carbons (Fsp3) is 0.282. The molecular formula is C39H39N5O9S. The van der Waals surface area contributed by atoms with E-state index in [2.05, 4.69) is 34.9 Å². The zero-order valence-electron chi connectivity index (χ0n) is 29.9. The van der Waals surface area contributed by atoms with E-state index in [9.17, 15) is 44.7 Å². The number of aliphatic hydroxyl groups excluding tert-OH is 3. The van der Waals surface area contributed by atoms with Crippen LogP contribution in [0.1, 0.15) is 24.0 Å². The number of phenols is 1. The number of amides is 3. The fourth-order valence-electron chi connectivity index (χ4n) is 8.16. The summed E-state index contributed by atoms with van der Waals surface area (Å²) in [7, 11) is 6.86. The Morgan fingerprint density at radius 2 is 1.61 bits per heavy atom. The van der Waals surface area contributed by atoms with Crippen molar-refractivity contribution in [1.82, 2.24) is 4.90 Å². The van der Waals surface area contributed by atoms with Gasteiger partial charge in [-0.2, -0.15) is 0 Å². The number of anilines is 3. The summed E-state index contributed by atoms with van der Waals surface area (Å²) in [5.74, 6) is -10.0. The Hall–Kier alpha value is -5.74. The third-order valence-electron chi connectivity index (χ3n) is 10.8. The number of ketones is 2. The predicted molar refractivity (Wildman–Crippen MR) is 205 cm³/mol. The second-order valence-electron chi connectivity index (χ2n) is 14.4. The van der Waals surface area contributed by atoms with E-state index < -0.39 is 87.4 Å². The quantitative estimate of drug-likeness (QED) is 0.103. The zero-order valence-corrected chi connectivity index (χ0v) is 30.7. The lowest BCUT2D eigenvalue weighted by atomic mass is 9.54. The van der Waals surface area contributed by atoms with Crippen LogP contribution in [0.4, 0.5) is 21.9 Å². The highest BCUT2D eigenvalue weighted by molar-refractivity contribution is 7.22. The maximum absolute atomic E-state index is 14.2. The number of nitrogens with one attached hydrogen (secondary N) is 2. The van der Waals surface area contributed by atoms with Gasteiger partial charge < -0.3 is 46.8 Å². The lowest BCUT2D eigenvalue weighted by molar-refractivity contribution is -0.169. The van der Waals surface area contributed by atoms with E-state index in [-0.39, 0.29) is 11.3 Å². The Bertz CT molecular complexity index is 2350. The monoisotopic (exact) mass is 753 g/mol. The van der Waals surface area contributed by atoms with Crippen LogP contribution in [0.25, 0.3) is 26.3 Å². The van der Waals surface area contributed by atoms with E-state index >= 15 is 0 Å². The predicted octanol–water partition coefficient (Wildman–Crippen LogP) is 4.09. The van der Waals surface area contributed by atoms with Crippen molar-refractivity contribution in [3.63, 3.8) is 0 Å². The van der Waals surface area contributed by atoms with Crippen molar-refractivity contribution >= 4 is 67.7 Å². The maximum atomic E-state index is 14.2. The van der Waals surface area contributed by atoms with Gasteiger partial charge in [0.2, 0.25) is 5.78 Å². The molecule has 7 rings (SSSR count). The number of phenolic OH excluding ortho intramolecular Hbond substituents is 1. The molecule has 0 saturated heterocycles. The van der Waals surface area contributed by atoms with Crippen molar-refractivity contribution < 1.29 is 44.7 Å². The molecule has 0 bridgehead atoms. The van der Waals surface area contributed by atoms with Gasteiger partial charge in [0.25, 0.3) is 5.91 Å². The number of nitrogens with zero attached hydrogens (tertiary/aromatic N) is 2. The number of thiophene rings is 1. The molecule has 15 heteroatoms. The van der Waals surface area contributed by atoms with Crippen molar-refractivity contribution in [2.45, 2.75) is 30.6 Å². The van der Waals surface area contributed by atoms with E-state index in [0.29, 0.717) is 11.3 Å². The first-order chi connectivity index (χ1) is 25.5. The zero-order chi connectivity index (χ0) is 39.1. The number of carbonyl (C=O) groups is 4. The van der Waals surface area contributed by atoms with Gasteiger partial charge in [0.15, 0.2) is 11.4 Å². The van der Waals surface area contributed by atoms with Gasteiger partial charge in [0.05, 0.1) is 29.3 Å². The standard InChI is InChI=1S/C39H39N5O9S/c1-16-21-12-13-22(42-38(52)41-19-9-6-17(7-10-19)23-14-18-8-11-20(43(2)3)15-24(18)54-23)31(45)26(21)32(46)27-25(16)33(47)29-30(44(4)5)34(48)28(37(40)51)36(50)39(29,53)35(27)49/h6-16,25,29-30,33,45-47,50,53H,1-5H3,(H2,40,51)(H2,41,42,52)/t16-,25+,29+,30-,33-,39-/m1/s1. The summed E-state index contributed by atoms with van der Waals surface area (Å²) in [5.41, 5.74) is 3.28. The highest BCUT2D eigenvalue weighted by Crippen LogP contribution is 2.56. The molecule has 0 unspecified atom stereocenters. The van der Waals surface area contributed by atoms with Gasteiger partial charge >= 0.3 is 6.03 Å². The number of Topliss-reactive ketones (excluding diaryl/α,β-unsaturated/α-hetero) is 2. The number of carbonyl (C=O) groups excluding carboxylic acids is 4. The minimum absolute atomic E-state index is 0.127. The molecule has 3 aromatic carbocycles. The lowest BCUT2D eigenvalue weighted by Crippen LogP contribution is -2.70. The molecule has 0 aliphatic heterocycles. The Kier molecular flexibility index (Phi) is 8.80. The van der Waals surface area contributed by atoms with E-state index in [0.717, 1.165) is 26.2 Å². The first kappa shape index (κ1) is 36.6. The average Bonchev–Trinajstić information content (AvgIpc) is 3.54. The molecule has 0 spiro atoms. The molecular weight excluding hydrogens is 715 g/mol. The number of aliphatic hydroxyl groups is 4. The van der Waals surface area contributed by atoms with E-state index in [1.165, 1.54) is 31.1 Å². The molecule has 9 N–H and O–H groups in total. The largest absolute Gasteiger partial charge is 0.508 e. The van der Waals surface area contributed by atoms with Crippen LogP contribution in [0.5, 0.6) is 5.75 Å². The number of rotatable bonds is 6. The normalized spacial score (nSPS) is 25.0. The average molecular weight is 754 g/mol. The van der Waals surface area contributed by atoms with Crippen molar-refractivity contribution in [2.75, 3.05) is 43.7 Å². The molecule has 6 atom stereocenters. The van der Waals surface area contributed by atoms with Gasteiger partial charge in [-0.15, -0.1) is 11.3 Å². The smallest absolute Gasteiger partial charge is 0.323 e. The first-order valence-electron chi connectivity index (χ1n) is 17.0. The molecule has 1 fully saturated rings. The van der Waals surface area contributed by atoms with Crippen LogP contribution in [0, 0.1) is 11.8 Å². The Morgan fingerprint density at radius 3 is 2.24 bits per heavy atom. The summed E-state index contributed by atoms with van der Waals surface area (Å²) in [4.78, 5) is 57.4. The molecule has 0 radical (unpaired) electrons. The summed E-state index contributed by atoms with van der Waals surface area (Å²) in [6.07, 6.45) is -1.71. The van der Waals surface area contributed by atoms with Crippen LogP contribution in [-0.4, -0.2) is 99.9 Å². The van der Waals surface area contributed by atoms with Gasteiger partial charge in [-0.25, -0.2) is 4.79 Å². The second kappa shape index (κ2) is 13.0. The number of aromatic hydroxyl groups is 1. The third-order valence-corrected chi connectivity index (χ3v) is 12.0. The summed E-state index contributed by atoms with van der Waals surface area (Å²) >= 11 is 1.66. The molecule has 14 nitrogen and oxygen atoms in total. The van der Waals surface area contributed by atoms with Crippen molar-refractivity contribution in [3.05, 3.63) is 88.7 Å². The van der Waals surface area contributed by atoms with Crippen LogP contribution < -0.4 is 21.3 Å². The number of fused-ring (bicyclic) bond motifs is 4. The summed E-state index contributed by atoms with van der Waals surface area (Å²) in [6, 6.07) is 16.4. The molecule has 3 aliphatic rings. The number of benzene rings is 3. The number of primary amides is 1. The third kappa shape index (κ3) is 5.42. The minimum atomic E-state index is -3.03. The number of hydrogen-bond acceptors (Lipinski definition) is 12. The molecule has 4 aromatic rings. The lowest BCUT2D eigenvalue weighted by Gasteiger charge is -2.53. The van der Waals surface area contributed by atoms with Crippen LogP contribution in [0.15, 0.2) is 77.6 Å². The summed E-state index contributed by atoms with van der Waals surface area (Å²) < 4.78 is 1.15. The fourth-order valence-corrected chi connectivity index (χ4v) is 9.26.